The van der Waals surface area contributed by atoms with Crippen molar-refractivity contribution in [3.8, 4) is 0 Å². The molecule has 0 radical (unpaired) electrons. The van der Waals surface area contributed by atoms with Gasteiger partial charge in [-0.25, -0.2) is 12.8 Å². The summed E-state index contributed by atoms with van der Waals surface area (Å²) < 4.78 is 38.8. The van der Waals surface area contributed by atoms with E-state index >= 15 is 0 Å². The summed E-state index contributed by atoms with van der Waals surface area (Å²) >= 11 is 0. The molecule has 1 atom stereocenters. The number of nitrogens with one attached hydrogen (secondary N) is 1. The average Bonchev–Trinajstić information content (AvgIpc) is 2.54. The van der Waals surface area contributed by atoms with Gasteiger partial charge in [0, 0.05) is 5.69 Å². The molecule has 0 bridgehead atoms. The van der Waals surface area contributed by atoms with Crippen LogP contribution in [0.15, 0.2) is 48.5 Å². The smallest absolute Gasteiger partial charge is 0.247 e. The molecule has 26 heavy (non-hydrogen) atoms. The number of carbonyl (C=O) groups is 1. The second-order valence-corrected chi connectivity index (χ2v) is 8.34. The van der Waals surface area contributed by atoms with Crippen molar-refractivity contribution >= 4 is 27.3 Å². The maximum absolute atomic E-state index is 13.5. The Labute approximate surface area is 153 Å². The van der Waals surface area contributed by atoms with E-state index in [2.05, 4.69) is 19.2 Å². The number of hydrogen-bond acceptors (Lipinski definition) is 3. The molecule has 0 spiro atoms. The van der Waals surface area contributed by atoms with Crippen molar-refractivity contribution in [3.63, 3.8) is 0 Å². The Hall–Kier alpha value is -2.41. The van der Waals surface area contributed by atoms with Crippen molar-refractivity contribution in [3.05, 3.63) is 59.9 Å². The van der Waals surface area contributed by atoms with Crippen LogP contribution in [0.4, 0.5) is 15.8 Å². The fourth-order valence-corrected chi connectivity index (χ4v) is 3.79. The maximum Gasteiger partial charge on any atom is 0.247 e. The third-order valence-corrected chi connectivity index (χ3v) is 5.24. The molecule has 2 aromatic carbocycles. The van der Waals surface area contributed by atoms with Crippen LogP contribution in [0.5, 0.6) is 0 Å². The highest BCUT2D eigenvalue weighted by Crippen LogP contribution is 2.23. The standard InChI is InChI=1S/C19H23FN2O3S/c1-13(2)15-8-10-17(11-9-15)21-19(23)14(3)22(26(4,24)25)18-7-5-6-16(20)12-18/h5-14H,1-4H3,(H,21,23)/t14-/m0/s1. The largest absolute Gasteiger partial charge is 0.324 e. The summed E-state index contributed by atoms with van der Waals surface area (Å²) in [5.41, 5.74) is 1.80. The second-order valence-electron chi connectivity index (χ2n) is 6.48. The quantitative estimate of drug-likeness (QED) is 0.833. The molecule has 0 unspecified atom stereocenters. The minimum atomic E-state index is -3.78. The van der Waals surface area contributed by atoms with Crippen LogP contribution in [0.25, 0.3) is 0 Å². The molecule has 0 aromatic heterocycles. The number of carbonyl (C=O) groups excluding carboxylic acids is 1. The molecule has 0 heterocycles. The van der Waals surface area contributed by atoms with E-state index in [1.807, 2.05) is 12.1 Å². The van der Waals surface area contributed by atoms with E-state index in [1.165, 1.54) is 25.1 Å². The molecule has 2 aromatic rings. The van der Waals surface area contributed by atoms with Crippen LogP contribution < -0.4 is 9.62 Å². The van der Waals surface area contributed by atoms with Crippen LogP contribution in [-0.2, 0) is 14.8 Å². The van der Waals surface area contributed by atoms with Gasteiger partial charge in [0.1, 0.15) is 11.9 Å². The SMILES string of the molecule is CC(C)c1ccc(NC(=O)[C@H](C)N(c2cccc(F)c2)S(C)(=O)=O)cc1. The molecule has 0 aliphatic rings. The van der Waals surface area contributed by atoms with Gasteiger partial charge in [0.25, 0.3) is 0 Å². The van der Waals surface area contributed by atoms with Gasteiger partial charge in [0.2, 0.25) is 15.9 Å². The highest BCUT2D eigenvalue weighted by atomic mass is 32.2. The number of sulfonamides is 1. The van der Waals surface area contributed by atoms with Gasteiger partial charge in [0.15, 0.2) is 0 Å². The molecular weight excluding hydrogens is 355 g/mol. The van der Waals surface area contributed by atoms with Crippen LogP contribution >= 0.6 is 0 Å². The maximum atomic E-state index is 13.5. The van der Waals surface area contributed by atoms with Crippen LogP contribution in [0, 0.1) is 5.82 Å². The van der Waals surface area contributed by atoms with Crippen molar-refractivity contribution in [1.82, 2.24) is 0 Å². The van der Waals surface area contributed by atoms with Crippen LogP contribution in [0.2, 0.25) is 0 Å². The number of nitrogens with zero attached hydrogens (tertiary/aromatic N) is 1. The van der Waals surface area contributed by atoms with Gasteiger partial charge in [-0.15, -0.1) is 0 Å². The molecule has 0 fully saturated rings. The minimum Gasteiger partial charge on any atom is -0.324 e. The highest BCUT2D eigenvalue weighted by Gasteiger charge is 2.29. The van der Waals surface area contributed by atoms with Crippen LogP contribution in [0.3, 0.4) is 0 Å². The first-order valence-electron chi connectivity index (χ1n) is 8.25. The number of halogens is 1. The van der Waals surface area contributed by atoms with E-state index < -0.39 is 27.8 Å². The van der Waals surface area contributed by atoms with Gasteiger partial charge in [-0.2, -0.15) is 0 Å². The first-order chi connectivity index (χ1) is 12.1. The summed E-state index contributed by atoms with van der Waals surface area (Å²) in [6, 6.07) is 11.5. The normalized spacial score (nSPS) is 12.7. The lowest BCUT2D eigenvalue weighted by molar-refractivity contribution is -0.116. The molecule has 1 amide bonds. The molecule has 7 heteroatoms. The number of benzene rings is 2. The van der Waals surface area contributed by atoms with E-state index in [0.717, 1.165) is 22.2 Å². The molecule has 0 saturated heterocycles. The summed E-state index contributed by atoms with van der Waals surface area (Å²) in [6.45, 7) is 5.60. The fraction of sp³-hybridized carbons (Fsp3) is 0.316. The number of amides is 1. The fourth-order valence-electron chi connectivity index (χ4n) is 2.62. The van der Waals surface area contributed by atoms with E-state index in [1.54, 1.807) is 12.1 Å². The monoisotopic (exact) mass is 378 g/mol. The lowest BCUT2D eigenvalue weighted by Crippen LogP contribution is -2.45. The highest BCUT2D eigenvalue weighted by molar-refractivity contribution is 7.92. The lowest BCUT2D eigenvalue weighted by Gasteiger charge is -2.28. The first kappa shape index (κ1) is 19.9. The molecule has 0 aliphatic carbocycles. The zero-order valence-corrected chi connectivity index (χ0v) is 16.0. The number of rotatable bonds is 6. The Balaban J connectivity index is 2.25. The molecule has 2 rings (SSSR count). The van der Waals surface area contributed by atoms with Crippen molar-refractivity contribution in [1.29, 1.82) is 0 Å². The van der Waals surface area contributed by atoms with Gasteiger partial charge in [-0.1, -0.05) is 32.0 Å². The predicted octanol–water partition coefficient (Wildman–Crippen LogP) is 3.74. The molecule has 0 aliphatic heterocycles. The van der Waals surface area contributed by atoms with Crippen molar-refractivity contribution in [2.24, 2.45) is 0 Å². The summed E-state index contributed by atoms with van der Waals surface area (Å²) in [5.74, 6) is -0.711. The Morgan fingerprint density at radius 1 is 1.08 bits per heavy atom. The molecule has 5 nitrogen and oxygen atoms in total. The minimum absolute atomic E-state index is 0.102. The first-order valence-corrected chi connectivity index (χ1v) is 10.1. The summed E-state index contributed by atoms with van der Waals surface area (Å²) in [6.07, 6.45) is 0.985. The lowest BCUT2D eigenvalue weighted by atomic mass is 10.0. The van der Waals surface area contributed by atoms with Crippen molar-refractivity contribution in [2.45, 2.75) is 32.7 Å². The zero-order chi connectivity index (χ0) is 19.5. The summed E-state index contributed by atoms with van der Waals surface area (Å²) in [7, 11) is -3.78. The Bertz CT molecular complexity index is 880. The van der Waals surface area contributed by atoms with E-state index in [4.69, 9.17) is 0 Å². The molecule has 1 N–H and O–H groups in total. The van der Waals surface area contributed by atoms with E-state index in [-0.39, 0.29) is 5.69 Å². The third-order valence-electron chi connectivity index (χ3n) is 4.00. The van der Waals surface area contributed by atoms with Gasteiger partial charge in [0.05, 0.1) is 11.9 Å². The van der Waals surface area contributed by atoms with Crippen LogP contribution in [0.1, 0.15) is 32.3 Å². The zero-order valence-electron chi connectivity index (χ0n) is 15.2. The summed E-state index contributed by atoms with van der Waals surface area (Å²) in [5, 5.41) is 2.71. The Kier molecular flexibility index (Phi) is 6.02. The Morgan fingerprint density at radius 2 is 1.69 bits per heavy atom. The molecular formula is C19H23FN2O3S. The van der Waals surface area contributed by atoms with Gasteiger partial charge in [-0.3, -0.25) is 9.10 Å². The molecule has 0 saturated carbocycles. The van der Waals surface area contributed by atoms with E-state index in [0.29, 0.717) is 11.6 Å². The van der Waals surface area contributed by atoms with Crippen molar-refractivity contribution in [2.75, 3.05) is 15.9 Å². The van der Waals surface area contributed by atoms with Gasteiger partial charge >= 0.3 is 0 Å². The molecule has 140 valence electrons. The summed E-state index contributed by atoms with van der Waals surface area (Å²) in [4.78, 5) is 12.6. The van der Waals surface area contributed by atoms with E-state index in [9.17, 15) is 17.6 Å². The second kappa shape index (κ2) is 7.86. The third kappa shape index (κ3) is 4.82. The topological polar surface area (TPSA) is 66.5 Å². The van der Waals surface area contributed by atoms with Crippen molar-refractivity contribution < 1.29 is 17.6 Å². The average molecular weight is 378 g/mol. The number of anilines is 2. The van der Waals surface area contributed by atoms with Crippen LogP contribution in [-0.4, -0.2) is 26.6 Å². The van der Waals surface area contributed by atoms with Gasteiger partial charge < -0.3 is 5.32 Å². The van der Waals surface area contributed by atoms with Gasteiger partial charge in [-0.05, 0) is 48.7 Å². The Morgan fingerprint density at radius 3 is 2.19 bits per heavy atom. The predicted molar refractivity (Wildman–Crippen MR) is 102 cm³/mol. The number of hydrogen-bond donors (Lipinski definition) is 1.